The molecule has 0 heterocycles. The first-order valence-electron chi connectivity index (χ1n) is 6.83. The van der Waals surface area contributed by atoms with Gasteiger partial charge in [0.1, 0.15) is 0 Å². The highest BCUT2D eigenvalue weighted by Gasteiger charge is 2.32. The maximum atomic E-state index is 11.7. The van der Waals surface area contributed by atoms with Gasteiger partial charge in [0, 0.05) is 11.3 Å². The minimum absolute atomic E-state index is 0.0296. The van der Waals surface area contributed by atoms with Gasteiger partial charge in [-0.3, -0.25) is 4.79 Å². The first-order valence-corrected chi connectivity index (χ1v) is 7.82. The predicted molar refractivity (Wildman–Crippen MR) is 77.8 cm³/mol. The Balaban J connectivity index is 2.25. The Bertz CT molecular complexity index is 278. The summed E-state index contributed by atoms with van der Waals surface area (Å²) < 4.78 is 0.106. The van der Waals surface area contributed by atoms with E-state index in [9.17, 15) is 9.90 Å². The van der Waals surface area contributed by atoms with Crippen LogP contribution in [0, 0.1) is 5.92 Å². The summed E-state index contributed by atoms with van der Waals surface area (Å²) in [5.41, 5.74) is -0.672. The number of rotatable bonds is 4. The Morgan fingerprint density at radius 2 is 1.94 bits per heavy atom. The lowest BCUT2D eigenvalue weighted by atomic mass is 9.79. The molecule has 0 aromatic rings. The number of carbonyl (C=O) groups excluding carboxylic acids is 1. The maximum Gasteiger partial charge on any atom is 0.230 e. The number of hydrogen-bond acceptors (Lipinski definition) is 3. The van der Waals surface area contributed by atoms with E-state index in [1.165, 1.54) is 0 Å². The second kappa shape index (κ2) is 6.29. The zero-order valence-electron chi connectivity index (χ0n) is 12.1. The number of amides is 1. The van der Waals surface area contributed by atoms with E-state index in [0.29, 0.717) is 18.2 Å². The van der Waals surface area contributed by atoms with E-state index in [-0.39, 0.29) is 10.7 Å². The number of hydrogen-bond donors (Lipinski definition) is 2. The summed E-state index contributed by atoms with van der Waals surface area (Å²) in [4.78, 5) is 11.7. The molecule has 1 rings (SSSR count). The van der Waals surface area contributed by atoms with Crippen molar-refractivity contribution >= 4 is 17.7 Å². The van der Waals surface area contributed by atoms with Crippen molar-refractivity contribution in [2.24, 2.45) is 5.92 Å². The molecule has 1 saturated carbocycles. The highest BCUT2D eigenvalue weighted by molar-refractivity contribution is 8.01. The second-order valence-electron chi connectivity index (χ2n) is 6.58. The number of thioether (sulfide) groups is 1. The van der Waals surface area contributed by atoms with Gasteiger partial charge in [-0.25, -0.2) is 0 Å². The zero-order chi connectivity index (χ0) is 13.8. The predicted octanol–water partition coefficient (Wildman–Crippen LogP) is 2.58. The van der Waals surface area contributed by atoms with Crippen molar-refractivity contribution in [2.45, 2.75) is 63.7 Å². The average molecular weight is 273 g/mol. The fourth-order valence-electron chi connectivity index (χ4n) is 2.07. The zero-order valence-corrected chi connectivity index (χ0v) is 12.9. The molecule has 1 amide bonds. The van der Waals surface area contributed by atoms with Gasteiger partial charge < -0.3 is 10.4 Å². The molecule has 0 aromatic heterocycles. The third-order valence-corrected chi connectivity index (χ3v) is 4.73. The molecule has 2 N–H and O–H groups in total. The van der Waals surface area contributed by atoms with E-state index in [1.807, 2.05) is 0 Å². The van der Waals surface area contributed by atoms with Crippen LogP contribution in [0.15, 0.2) is 0 Å². The van der Waals surface area contributed by atoms with Crippen LogP contribution in [0.2, 0.25) is 0 Å². The molecule has 18 heavy (non-hydrogen) atoms. The van der Waals surface area contributed by atoms with Crippen LogP contribution in [-0.2, 0) is 4.79 Å². The Hall–Kier alpha value is -0.220. The summed E-state index contributed by atoms with van der Waals surface area (Å²) in [6, 6.07) is 0. The van der Waals surface area contributed by atoms with E-state index in [2.05, 4.69) is 33.0 Å². The molecule has 3 nitrogen and oxygen atoms in total. The van der Waals surface area contributed by atoms with E-state index in [0.717, 1.165) is 25.7 Å². The largest absolute Gasteiger partial charge is 0.388 e. The molecule has 1 aliphatic rings. The molecule has 0 aliphatic heterocycles. The standard InChI is InChI=1S/C14H27NO2S/c1-11-5-7-14(17,8-6-11)10-15-12(16)9-18-13(2,3)4/h11,17H,5-10H2,1-4H3,(H,15,16). The van der Waals surface area contributed by atoms with Crippen molar-refractivity contribution in [1.82, 2.24) is 5.32 Å². The molecular formula is C14H27NO2S. The Morgan fingerprint density at radius 3 is 2.44 bits per heavy atom. The van der Waals surface area contributed by atoms with Crippen LogP contribution in [0.3, 0.4) is 0 Å². The summed E-state index contributed by atoms with van der Waals surface area (Å²) in [6.07, 6.45) is 3.73. The molecule has 0 aromatic carbocycles. The number of aliphatic hydroxyl groups is 1. The van der Waals surface area contributed by atoms with Crippen LogP contribution in [0.1, 0.15) is 53.4 Å². The quantitative estimate of drug-likeness (QED) is 0.827. The maximum absolute atomic E-state index is 11.7. The third kappa shape index (κ3) is 6.10. The molecular weight excluding hydrogens is 246 g/mol. The third-order valence-electron chi connectivity index (χ3n) is 3.46. The molecule has 106 valence electrons. The van der Waals surface area contributed by atoms with Crippen molar-refractivity contribution in [2.75, 3.05) is 12.3 Å². The van der Waals surface area contributed by atoms with Crippen molar-refractivity contribution in [3.63, 3.8) is 0 Å². The van der Waals surface area contributed by atoms with E-state index < -0.39 is 5.60 Å². The minimum Gasteiger partial charge on any atom is -0.388 e. The lowest BCUT2D eigenvalue weighted by Crippen LogP contribution is -2.45. The highest BCUT2D eigenvalue weighted by atomic mass is 32.2. The molecule has 0 unspecified atom stereocenters. The van der Waals surface area contributed by atoms with Crippen LogP contribution in [0.4, 0.5) is 0 Å². The first-order chi connectivity index (χ1) is 8.20. The van der Waals surface area contributed by atoms with Gasteiger partial charge in [0.25, 0.3) is 0 Å². The van der Waals surface area contributed by atoms with Crippen LogP contribution in [0.5, 0.6) is 0 Å². The lowest BCUT2D eigenvalue weighted by molar-refractivity contribution is -0.120. The molecule has 0 radical (unpaired) electrons. The van der Waals surface area contributed by atoms with Crippen LogP contribution in [0.25, 0.3) is 0 Å². The summed E-state index contributed by atoms with van der Waals surface area (Å²) in [5, 5.41) is 13.2. The smallest absolute Gasteiger partial charge is 0.230 e. The van der Waals surface area contributed by atoms with Gasteiger partial charge in [-0.05, 0) is 31.6 Å². The average Bonchev–Trinajstić information content (AvgIpc) is 2.27. The monoisotopic (exact) mass is 273 g/mol. The van der Waals surface area contributed by atoms with E-state index in [4.69, 9.17) is 0 Å². The Labute approximate surface area is 115 Å². The number of nitrogens with one attached hydrogen (secondary N) is 1. The molecule has 0 bridgehead atoms. The molecule has 0 spiro atoms. The molecule has 0 saturated heterocycles. The van der Waals surface area contributed by atoms with Gasteiger partial charge in [-0.2, -0.15) is 0 Å². The van der Waals surface area contributed by atoms with E-state index >= 15 is 0 Å². The van der Waals surface area contributed by atoms with Crippen molar-refractivity contribution in [3.8, 4) is 0 Å². The number of carbonyl (C=O) groups is 1. The summed E-state index contributed by atoms with van der Waals surface area (Å²) in [5.74, 6) is 1.20. The normalized spacial score (nSPS) is 29.1. The van der Waals surface area contributed by atoms with Crippen molar-refractivity contribution in [1.29, 1.82) is 0 Å². The van der Waals surface area contributed by atoms with Gasteiger partial charge >= 0.3 is 0 Å². The SMILES string of the molecule is CC1CCC(O)(CNC(=O)CSC(C)(C)C)CC1. The van der Waals surface area contributed by atoms with Crippen LogP contribution < -0.4 is 5.32 Å². The molecule has 1 aliphatic carbocycles. The Kier molecular flexibility index (Phi) is 5.53. The summed E-state index contributed by atoms with van der Waals surface area (Å²) in [7, 11) is 0. The minimum atomic E-state index is -0.672. The fraction of sp³-hybridized carbons (Fsp3) is 0.929. The highest BCUT2D eigenvalue weighted by Crippen LogP contribution is 2.31. The van der Waals surface area contributed by atoms with Gasteiger partial charge in [-0.1, -0.05) is 27.7 Å². The van der Waals surface area contributed by atoms with Gasteiger partial charge in [0.05, 0.1) is 11.4 Å². The Morgan fingerprint density at radius 1 is 1.39 bits per heavy atom. The van der Waals surface area contributed by atoms with Crippen LogP contribution >= 0.6 is 11.8 Å². The van der Waals surface area contributed by atoms with Crippen molar-refractivity contribution in [3.05, 3.63) is 0 Å². The fourth-order valence-corrected chi connectivity index (χ4v) is 2.74. The molecule has 1 fully saturated rings. The summed E-state index contributed by atoms with van der Waals surface area (Å²) >= 11 is 1.63. The van der Waals surface area contributed by atoms with Gasteiger partial charge in [0.2, 0.25) is 5.91 Å². The van der Waals surface area contributed by atoms with Gasteiger partial charge in [-0.15, -0.1) is 11.8 Å². The van der Waals surface area contributed by atoms with Gasteiger partial charge in [0.15, 0.2) is 0 Å². The lowest BCUT2D eigenvalue weighted by Gasteiger charge is -2.35. The second-order valence-corrected chi connectivity index (χ2v) is 8.39. The van der Waals surface area contributed by atoms with Crippen molar-refractivity contribution < 1.29 is 9.90 Å². The van der Waals surface area contributed by atoms with Crippen LogP contribution in [-0.4, -0.2) is 33.7 Å². The summed E-state index contributed by atoms with van der Waals surface area (Å²) in [6.45, 7) is 8.92. The topological polar surface area (TPSA) is 49.3 Å². The van der Waals surface area contributed by atoms with E-state index in [1.54, 1.807) is 11.8 Å². The molecule has 4 heteroatoms. The molecule has 0 atom stereocenters. The first kappa shape index (κ1) is 15.8.